The number of nitrogens with zero attached hydrogens (tertiary/aromatic N) is 1. The Morgan fingerprint density at radius 2 is 1.74 bits per heavy atom. The molecule has 0 bridgehead atoms. The van der Waals surface area contributed by atoms with Crippen molar-refractivity contribution in [3.05, 3.63) is 54.1 Å². The van der Waals surface area contributed by atoms with Gasteiger partial charge in [0.15, 0.2) is 11.5 Å². The van der Waals surface area contributed by atoms with E-state index in [0.717, 1.165) is 0 Å². The second-order valence-corrected chi connectivity index (χ2v) is 9.50. The normalized spacial score (nSPS) is 16.7. The lowest BCUT2D eigenvalue weighted by atomic mass is 10.00. The fourth-order valence-electron chi connectivity index (χ4n) is 3.55. The Morgan fingerprint density at radius 1 is 1.00 bits per heavy atom. The van der Waals surface area contributed by atoms with E-state index in [1.807, 2.05) is 0 Å². The summed E-state index contributed by atoms with van der Waals surface area (Å²) in [6, 6.07) is 11.0. The lowest BCUT2D eigenvalue weighted by Gasteiger charge is -2.30. The molecule has 0 aliphatic carbocycles. The number of hydrogen-bond acceptors (Lipinski definition) is 8. The van der Waals surface area contributed by atoms with E-state index in [1.165, 1.54) is 43.8 Å². The number of benzene rings is 2. The highest BCUT2D eigenvalue weighted by Gasteiger charge is 2.34. The SMILES string of the molecule is COC(=O)/C=C/c1ccc(OC(=O)C2CCCN(S(=O)(=O)c3ccc(OC)cc3)C2)c(OC)c1. The number of methoxy groups -OCH3 is 3. The van der Waals surface area contributed by atoms with Crippen molar-refractivity contribution in [2.45, 2.75) is 17.7 Å². The van der Waals surface area contributed by atoms with Crippen molar-refractivity contribution in [3.63, 3.8) is 0 Å². The molecule has 10 heteroatoms. The molecule has 34 heavy (non-hydrogen) atoms. The van der Waals surface area contributed by atoms with Crippen LogP contribution in [0.2, 0.25) is 0 Å². The summed E-state index contributed by atoms with van der Waals surface area (Å²) < 4.78 is 47.9. The van der Waals surface area contributed by atoms with Crippen LogP contribution in [-0.4, -0.2) is 59.1 Å². The van der Waals surface area contributed by atoms with Crippen molar-refractivity contribution in [1.82, 2.24) is 4.31 Å². The zero-order valence-corrected chi connectivity index (χ0v) is 20.0. The van der Waals surface area contributed by atoms with E-state index in [-0.39, 0.29) is 17.2 Å². The minimum atomic E-state index is -3.76. The largest absolute Gasteiger partial charge is 0.497 e. The molecule has 3 rings (SSSR count). The van der Waals surface area contributed by atoms with Crippen LogP contribution in [0, 0.1) is 5.92 Å². The predicted molar refractivity (Wildman–Crippen MR) is 124 cm³/mol. The number of sulfonamides is 1. The van der Waals surface area contributed by atoms with Gasteiger partial charge in [-0.2, -0.15) is 4.31 Å². The smallest absolute Gasteiger partial charge is 0.330 e. The maximum absolute atomic E-state index is 13.1. The van der Waals surface area contributed by atoms with Crippen LogP contribution >= 0.6 is 0 Å². The molecular formula is C24H27NO8S. The van der Waals surface area contributed by atoms with Gasteiger partial charge in [0.05, 0.1) is 32.1 Å². The van der Waals surface area contributed by atoms with Gasteiger partial charge in [0.1, 0.15) is 5.75 Å². The molecule has 182 valence electrons. The van der Waals surface area contributed by atoms with E-state index in [0.29, 0.717) is 36.4 Å². The number of esters is 2. The second kappa shape index (κ2) is 11.2. The van der Waals surface area contributed by atoms with Crippen molar-refractivity contribution in [1.29, 1.82) is 0 Å². The first-order valence-electron chi connectivity index (χ1n) is 10.6. The highest BCUT2D eigenvalue weighted by Crippen LogP contribution is 2.31. The molecule has 1 atom stereocenters. The Morgan fingerprint density at radius 3 is 2.38 bits per heavy atom. The summed E-state index contributed by atoms with van der Waals surface area (Å²) in [5, 5.41) is 0. The van der Waals surface area contributed by atoms with Gasteiger partial charge in [-0.15, -0.1) is 0 Å². The van der Waals surface area contributed by atoms with Crippen LogP contribution in [0.4, 0.5) is 0 Å². The molecule has 1 heterocycles. The van der Waals surface area contributed by atoms with Gasteiger partial charge in [-0.25, -0.2) is 13.2 Å². The molecule has 0 N–H and O–H groups in total. The van der Waals surface area contributed by atoms with Gasteiger partial charge in [0.25, 0.3) is 0 Å². The topological polar surface area (TPSA) is 108 Å². The Labute approximate surface area is 198 Å². The van der Waals surface area contributed by atoms with Crippen LogP contribution in [0.1, 0.15) is 18.4 Å². The average molecular weight is 490 g/mol. The monoisotopic (exact) mass is 489 g/mol. The lowest BCUT2D eigenvalue weighted by molar-refractivity contribution is -0.140. The molecular weight excluding hydrogens is 462 g/mol. The molecule has 0 aromatic heterocycles. The van der Waals surface area contributed by atoms with Gasteiger partial charge >= 0.3 is 11.9 Å². The van der Waals surface area contributed by atoms with Crippen LogP contribution in [0.25, 0.3) is 6.08 Å². The third-order valence-corrected chi connectivity index (χ3v) is 7.31. The van der Waals surface area contributed by atoms with Gasteiger partial charge in [-0.3, -0.25) is 4.79 Å². The zero-order valence-electron chi connectivity index (χ0n) is 19.2. The first kappa shape index (κ1) is 25.3. The van der Waals surface area contributed by atoms with Crippen molar-refractivity contribution in [2.24, 2.45) is 5.92 Å². The van der Waals surface area contributed by atoms with E-state index in [9.17, 15) is 18.0 Å². The van der Waals surface area contributed by atoms with Crippen LogP contribution < -0.4 is 14.2 Å². The quantitative estimate of drug-likeness (QED) is 0.316. The standard InChI is InChI=1S/C24H27NO8S/c1-30-19-8-10-20(11-9-19)34(28,29)25-14-4-5-18(16-25)24(27)33-21-12-6-17(15-22(21)31-2)7-13-23(26)32-3/h6-13,15,18H,4-5,14,16H2,1-3H3/b13-7+. The molecule has 0 saturated carbocycles. The first-order valence-corrected chi connectivity index (χ1v) is 12.0. The molecule has 2 aromatic rings. The van der Waals surface area contributed by atoms with E-state index in [1.54, 1.807) is 36.4 Å². The third-order valence-electron chi connectivity index (χ3n) is 5.43. The number of rotatable bonds is 8. The fraction of sp³-hybridized carbons (Fsp3) is 0.333. The summed E-state index contributed by atoms with van der Waals surface area (Å²) in [7, 11) is 0.462. The Kier molecular flexibility index (Phi) is 8.30. The number of ether oxygens (including phenoxy) is 4. The minimum Gasteiger partial charge on any atom is -0.497 e. The van der Waals surface area contributed by atoms with Gasteiger partial charge < -0.3 is 18.9 Å². The number of carbonyl (C=O) groups is 2. The molecule has 1 saturated heterocycles. The summed E-state index contributed by atoms with van der Waals surface area (Å²) in [6.07, 6.45) is 3.85. The van der Waals surface area contributed by atoms with Gasteiger partial charge in [-0.05, 0) is 60.9 Å². The highest BCUT2D eigenvalue weighted by molar-refractivity contribution is 7.89. The van der Waals surface area contributed by atoms with Crippen LogP contribution in [-0.2, 0) is 24.3 Å². The summed E-state index contributed by atoms with van der Waals surface area (Å²) >= 11 is 0. The molecule has 0 spiro atoms. The van der Waals surface area contributed by atoms with Gasteiger partial charge in [0.2, 0.25) is 10.0 Å². The summed E-state index contributed by atoms with van der Waals surface area (Å²) in [5.41, 5.74) is 0.650. The number of piperidine rings is 1. The Bertz CT molecular complexity index is 1160. The van der Waals surface area contributed by atoms with Crippen LogP contribution in [0.3, 0.4) is 0 Å². The van der Waals surface area contributed by atoms with E-state index < -0.39 is 27.9 Å². The van der Waals surface area contributed by atoms with Gasteiger partial charge in [-0.1, -0.05) is 6.07 Å². The first-order chi connectivity index (χ1) is 16.3. The molecule has 9 nitrogen and oxygen atoms in total. The third kappa shape index (κ3) is 5.95. The van der Waals surface area contributed by atoms with Crippen molar-refractivity contribution >= 4 is 28.0 Å². The summed E-state index contributed by atoms with van der Waals surface area (Å²) in [5.74, 6) is -0.589. The highest BCUT2D eigenvalue weighted by atomic mass is 32.2. The fourth-order valence-corrected chi connectivity index (χ4v) is 5.07. The number of carbonyl (C=O) groups excluding carboxylic acids is 2. The predicted octanol–water partition coefficient (Wildman–Crippen LogP) is 2.90. The zero-order chi connectivity index (χ0) is 24.7. The molecule has 1 aliphatic rings. The minimum absolute atomic E-state index is 0.0233. The van der Waals surface area contributed by atoms with Gasteiger partial charge in [0, 0.05) is 19.2 Å². The second-order valence-electron chi connectivity index (χ2n) is 7.57. The summed E-state index contributed by atoms with van der Waals surface area (Å²) in [6.45, 7) is 0.345. The lowest BCUT2D eigenvalue weighted by Crippen LogP contribution is -2.43. The van der Waals surface area contributed by atoms with Crippen LogP contribution in [0.5, 0.6) is 17.2 Å². The van der Waals surface area contributed by atoms with E-state index >= 15 is 0 Å². The molecule has 0 amide bonds. The maximum atomic E-state index is 13.1. The van der Waals surface area contributed by atoms with Crippen molar-refractivity contribution < 1.29 is 37.0 Å². The Hall–Kier alpha value is -3.37. The molecule has 1 fully saturated rings. The Balaban J connectivity index is 1.71. The number of hydrogen-bond donors (Lipinski definition) is 0. The summed E-state index contributed by atoms with van der Waals surface area (Å²) in [4.78, 5) is 24.3. The molecule has 2 aromatic carbocycles. The molecule has 0 radical (unpaired) electrons. The maximum Gasteiger partial charge on any atom is 0.330 e. The van der Waals surface area contributed by atoms with E-state index in [4.69, 9.17) is 14.2 Å². The van der Waals surface area contributed by atoms with E-state index in [2.05, 4.69) is 4.74 Å². The molecule has 1 aliphatic heterocycles. The van der Waals surface area contributed by atoms with Crippen molar-refractivity contribution in [3.8, 4) is 17.2 Å². The van der Waals surface area contributed by atoms with Crippen molar-refractivity contribution in [2.75, 3.05) is 34.4 Å². The average Bonchev–Trinajstić information content (AvgIpc) is 2.87. The van der Waals surface area contributed by atoms with Crippen LogP contribution in [0.15, 0.2) is 53.4 Å². The molecule has 1 unspecified atom stereocenters.